The van der Waals surface area contributed by atoms with Crippen LogP contribution in [0.5, 0.6) is 0 Å². The minimum Gasteiger partial charge on any atom is -0.322 e. The van der Waals surface area contributed by atoms with Crippen molar-refractivity contribution in [3.63, 3.8) is 0 Å². The number of carbonyl (C=O) groups excluding carboxylic acids is 1. The highest BCUT2D eigenvalue weighted by molar-refractivity contribution is 6.30. The van der Waals surface area contributed by atoms with Crippen molar-refractivity contribution < 1.29 is 22.4 Å². The molecule has 1 aromatic heterocycles. The van der Waals surface area contributed by atoms with Crippen molar-refractivity contribution in [1.29, 1.82) is 0 Å². The van der Waals surface area contributed by atoms with Gasteiger partial charge in [-0.2, -0.15) is 22.7 Å². The van der Waals surface area contributed by atoms with Crippen molar-refractivity contribution in [3.05, 3.63) is 46.0 Å². The van der Waals surface area contributed by atoms with Gasteiger partial charge in [0.15, 0.2) is 0 Å². The van der Waals surface area contributed by atoms with Crippen molar-refractivity contribution in [1.82, 2.24) is 9.78 Å². The van der Waals surface area contributed by atoms with E-state index in [0.29, 0.717) is 10.6 Å². The zero-order valence-corrected chi connectivity index (χ0v) is 15.2. The Kier molecular flexibility index (Phi) is 5.95. The summed E-state index contributed by atoms with van der Waals surface area (Å²) in [5.74, 6) is -3.01. The van der Waals surface area contributed by atoms with Gasteiger partial charge in [0.2, 0.25) is 5.95 Å². The van der Waals surface area contributed by atoms with Crippen LogP contribution in [0, 0.1) is 18.8 Å². The number of halogens is 5. The van der Waals surface area contributed by atoms with Crippen molar-refractivity contribution in [2.75, 3.05) is 5.32 Å². The Labute approximate surface area is 153 Å². The standard InChI is InChI=1S/C17H18ClF4N3O/c1-9(17(20,21)22)4-5-11-8-12(18)6-7-13(11)23-16(26)14-10(2)24-25(3)15(14)19/h6-9H,4-5H2,1-3H3,(H,23,26). The molecule has 0 aliphatic carbocycles. The molecule has 4 nitrogen and oxygen atoms in total. The van der Waals surface area contributed by atoms with Gasteiger partial charge >= 0.3 is 6.18 Å². The number of benzene rings is 1. The number of hydrogen-bond donors (Lipinski definition) is 1. The Morgan fingerprint density at radius 1 is 1.38 bits per heavy atom. The van der Waals surface area contributed by atoms with Gasteiger partial charge in [0.05, 0.1) is 11.6 Å². The first kappa shape index (κ1) is 20.2. The predicted octanol–water partition coefficient (Wildman–Crippen LogP) is 4.90. The van der Waals surface area contributed by atoms with E-state index < -0.39 is 23.9 Å². The number of hydrogen-bond acceptors (Lipinski definition) is 2. The molecule has 2 aromatic rings. The lowest BCUT2D eigenvalue weighted by Gasteiger charge is -2.17. The minimum atomic E-state index is -4.29. The van der Waals surface area contributed by atoms with E-state index in [-0.39, 0.29) is 29.8 Å². The second kappa shape index (κ2) is 7.65. The molecule has 1 atom stereocenters. The van der Waals surface area contributed by atoms with E-state index in [1.807, 2.05) is 0 Å². The Bertz CT molecular complexity index is 817. The fraction of sp³-hybridized carbons (Fsp3) is 0.412. The monoisotopic (exact) mass is 391 g/mol. The molecular weight excluding hydrogens is 374 g/mol. The highest BCUT2D eigenvalue weighted by atomic mass is 35.5. The summed E-state index contributed by atoms with van der Waals surface area (Å²) in [5.41, 5.74) is 0.737. The number of amides is 1. The summed E-state index contributed by atoms with van der Waals surface area (Å²) in [5, 5.41) is 6.71. The molecule has 2 rings (SSSR count). The van der Waals surface area contributed by atoms with E-state index in [1.165, 1.54) is 32.2 Å². The summed E-state index contributed by atoms with van der Waals surface area (Å²) in [4.78, 5) is 12.4. The third-order valence-electron chi connectivity index (χ3n) is 4.10. The smallest absolute Gasteiger partial charge is 0.322 e. The molecule has 26 heavy (non-hydrogen) atoms. The number of nitrogens with zero attached hydrogens (tertiary/aromatic N) is 2. The Morgan fingerprint density at radius 2 is 2.04 bits per heavy atom. The van der Waals surface area contributed by atoms with E-state index in [2.05, 4.69) is 10.4 Å². The van der Waals surface area contributed by atoms with Gasteiger partial charge < -0.3 is 5.32 Å². The number of aryl methyl sites for hydroxylation is 3. The van der Waals surface area contributed by atoms with Crippen LogP contribution in [-0.4, -0.2) is 21.9 Å². The Balaban J connectivity index is 2.23. The quantitative estimate of drug-likeness (QED) is 0.736. The number of nitrogens with one attached hydrogen (secondary N) is 1. The number of carbonyl (C=O) groups is 1. The minimum absolute atomic E-state index is 0.0609. The highest BCUT2D eigenvalue weighted by Gasteiger charge is 2.35. The average molecular weight is 392 g/mol. The normalized spacial score (nSPS) is 12.9. The molecule has 1 aromatic carbocycles. The third kappa shape index (κ3) is 4.55. The summed E-state index contributed by atoms with van der Waals surface area (Å²) in [7, 11) is 1.37. The largest absolute Gasteiger partial charge is 0.391 e. The van der Waals surface area contributed by atoms with E-state index in [1.54, 1.807) is 0 Å². The molecular formula is C17H18ClF4N3O. The van der Waals surface area contributed by atoms with Crippen LogP contribution in [0.4, 0.5) is 23.2 Å². The first-order valence-electron chi connectivity index (χ1n) is 7.86. The molecule has 9 heteroatoms. The Hall–Kier alpha value is -2.09. The summed E-state index contributed by atoms with van der Waals surface area (Å²) in [6, 6.07) is 4.48. The Morgan fingerprint density at radius 3 is 2.58 bits per heavy atom. The molecule has 0 saturated carbocycles. The fourth-order valence-electron chi connectivity index (χ4n) is 2.50. The van der Waals surface area contributed by atoms with Crippen LogP contribution in [0.2, 0.25) is 5.02 Å². The molecule has 0 bridgehead atoms. The zero-order chi connectivity index (χ0) is 19.6. The molecule has 1 heterocycles. The molecule has 1 amide bonds. The SMILES string of the molecule is Cc1nn(C)c(F)c1C(=O)Nc1ccc(Cl)cc1CCC(C)C(F)(F)F. The average Bonchev–Trinajstić information content (AvgIpc) is 2.78. The topological polar surface area (TPSA) is 46.9 Å². The van der Waals surface area contributed by atoms with Crippen LogP contribution in [-0.2, 0) is 13.5 Å². The fourth-order valence-corrected chi connectivity index (χ4v) is 2.69. The zero-order valence-electron chi connectivity index (χ0n) is 14.4. The van der Waals surface area contributed by atoms with Gasteiger partial charge in [-0.25, -0.2) is 4.68 Å². The lowest BCUT2D eigenvalue weighted by Crippen LogP contribution is -2.20. The molecule has 0 aliphatic heterocycles. The molecule has 0 saturated heterocycles. The van der Waals surface area contributed by atoms with E-state index in [9.17, 15) is 22.4 Å². The van der Waals surface area contributed by atoms with Crippen LogP contribution < -0.4 is 5.32 Å². The van der Waals surface area contributed by atoms with Crippen LogP contribution in [0.3, 0.4) is 0 Å². The van der Waals surface area contributed by atoms with Gasteiger partial charge in [0, 0.05) is 17.8 Å². The molecule has 142 valence electrons. The molecule has 1 unspecified atom stereocenters. The van der Waals surface area contributed by atoms with Crippen molar-refractivity contribution in [2.45, 2.75) is 32.9 Å². The number of alkyl halides is 3. The summed E-state index contributed by atoms with van der Waals surface area (Å²) >= 11 is 5.92. The highest BCUT2D eigenvalue weighted by Crippen LogP contribution is 2.31. The third-order valence-corrected chi connectivity index (χ3v) is 4.34. The van der Waals surface area contributed by atoms with Crippen LogP contribution in [0.25, 0.3) is 0 Å². The second-order valence-electron chi connectivity index (χ2n) is 6.11. The van der Waals surface area contributed by atoms with Crippen LogP contribution in [0.15, 0.2) is 18.2 Å². The van der Waals surface area contributed by atoms with Crippen LogP contribution >= 0.6 is 11.6 Å². The van der Waals surface area contributed by atoms with E-state index >= 15 is 0 Å². The molecule has 1 N–H and O–H groups in total. The summed E-state index contributed by atoms with van der Waals surface area (Å²) in [6.07, 6.45) is -4.39. The lowest BCUT2D eigenvalue weighted by molar-refractivity contribution is -0.170. The maximum Gasteiger partial charge on any atom is 0.391 e. The summed E-state index contributed by atoms with van der Waals surface area (Å²) in [6.45, 7) is 2.59. The second-order valence-corrected chi connectivity index (χ2v) is 6.55. The van der Waals surface area contributed by atoms with Gasteiger partial charge in [0.25, 0.3) is 5.91 Å². The molecule has 0 spiro atoms. The maximum absolute atomic E-state index is 14.0. The van der Waals surface area contributed by atoms with Crippen molar-refractivity contribution in [2.24, 2.45) is 13.0 Å². The van der Waals surface area contributed by atoms with Gasteiger partial charge in [-0.05, 0) is 43.5 Å². The van der Waals surface area contributed by atoms with Crippen LogP contribution in [0.1, 0.15) is 35.0 Å². The maximum atomic E-state index is 14.0. The summed E-state index contributed by atoms with van der Waals surface area (Å²) < 4.78 is 53.1. The van der Waals surface area contributed by atoms with Gasteiger partial charge in [0.1, 0.15) is 5.56 Å². The van der Waals surface area contributed by atoms with E-state index in [4.69, 9.17) is 11.6 Å². The first-order valence-corrected chi connectivity index (χ1v) is 8.24. The van der Waals surface area contributed by atoms with Crippen molar-refractivity contribution >= 4 is 23.2 Å². The number of aromatic nitrogens is 2. The lowest BCUT2D eigenvalue weighted by atomic mass is 9.99. The van der Waals surface area contributed by atoms with Gasteiger partial charge in [-0.15, -0.1) is 0 Å². The molecule has 0 aliphatic rings. The molecule has 0 fully saturated rings. The van der Waals surface area contributed by atoms with Crippen molar-refractivity contribution in [3.8, 4) is 0 Å². The van der Waals surface area contributed by atoms with Gasteiger partial charge in [-0.3, -0.25) is 4.79 Å². The first-order chi connectivity index (χ1) is 12.0. The number of rotatable bonds is 5. The predicted molar refractivity (Wildman–Crippen MR) is 90.8 cm³/mol. The molecule has 0 radical (unpaired) electrons. The van der Waals surface area contributed by atoms with Gasteiger partial charge in [-0.1, -0.05) is 18.5 Å². The van der Waals surface area contributed by atoms with E-state index in [0.717, 1.165) is 11.6 Å². The number of anilines is 1.